The molecule has 1 fully saturated rings. The fraction of sp³-hybridized carbons (Fsp3) is 0.476. The summed E-state index contributed by atoms with van der Waals surface area (Å²) in [6.45, 7) is 6.08. The van der Waals surface area contributed by atoms with Gasteiger partial charge in [-0.05, 0) is 49.3 Å². The van der Waals surface area contributed by atoms with Crippen LogP contribution < -0.4 is 5.43 Å². The highest BCUT2D eigenvalue weighted by atomic mass is 35.5. The van der Waals surface area contributed by atoms with Gasteiger partial charge in [-0.3, -0.25) is 10.2 Å². The maximum absolute atomic E-state index is 13.2. The normalized spacial score (nSPS) is 26.2. The summed E-state index contributed by atoms with van der Waals surface area (Å²) < 4.78 is 33.1. The number of hydrogen-bond acceptors (Lipinski definition) is 6. The van der Waals surface area contributed by atoms with E-state index in [1.165, 1.54) is 4.31 Å². The number of nitrogens with zero attached hydrogens (tertiary/aromatic N) is 3. The van der Waals surface area contributed by atoms with Crippen molar-refractivity contribution in [3.05, 3.63) is 41.7 Å². The van der Waals surface area contributed by atoms with Crippen molar-refractivity contribution >= 4 is 38.5 Å². The van der Waals surface area contributed by atoms with Gasteiger partial charge in [0, 0.05) is 44.2 Å². The number of rotatable bonds is 4. The molecule has 31 heavy (non-hydrogen) atoms. The molecule has 0 bridgehead atoms. The van der Waals surface area contributed by atoms with E-state index < -0.39 is 10.0 Å². The van der Waals surface area contributed by atoms with E-state index in [0.29, 0.717) is 38.3 Å². The van der Waals surface area contributed by atoms with Crippen molar-refractivity contribution in [2.24, 2.45) is 0 Å². The SMILES string of the molecule is CC1NN(C(C)C(=O)N2CC3=C(C2)CN(S(=O)(=O)c2ccc4occc4c2)C3)CC1Cl. The molecule has 3 aliphatic rings. The number of carbonyl (C=O) groups is 1. The number of halogens is 1. The summed E-state index contributed by atoms with van der Waals surface area (Å²) in [5, 5.41) is 2.63. The van der Waals surface area contributed by atoms with Crippen LogP contribution in [0.4, 0.5) is 0 Å². The molecule has 10 heteroatoms. The standard InChI is InChI=1S/C21H25ClN4O4S/c1-13-19(22)12-26(23-13)14(2)21(27)24-8-16-10-25(11-17(16)9-24)31(28,29)18-3-4-20-15(7-18)5-6-30-20/h3-7,13-14,19,23H,8-12H2,1-2H3. The molecular formula is C21H25ClN4O4S. The summed E-state index contributed by atoms with van der Waals surface area (Å²) in [7, 11) is -3.62. The molecule has 1 saturated heterocycles. The first-order chi connectivity index (χ1) is 14.7. The second-order valence-corrected chi connectivity index (χ2v) is 11.1. The van der Waals surface area contributed by atoms with Crippen LogP contribution in [0.2, 0.25) is 0 Å². The predicted octanol–water partition coefficient (Wildman–Crippen LogP) is 1.78. The quantitative estimate of drug-likeness (QED) is 0.548. The lowest BCUT2D eigenvalue weighted by atomic mass is 10.2. The van der Waals surface area contributed by atoms with Gasteiger partial charge in [0.15, 0.2) is 0 Å². The van der Waals surface area contributed by atoms with E-state index in [9.17, 15) is 13.2 Å². The van der Waals surface area contributed by atoms with Crippen molar-refractivity contribution < 1.29 is 17.6 Å². The Morgan fingerprint density at radius 1 is 1.19 bits per heavy atom. The van der Waals surface area contributed by atoms with Crippen LogP contribution in [0.25, 0.3) is 11.0 Å². The molecule has 1 N–H and O–H groups in total. The zero-order valence-electron chi connectivity index (χ0n) is 17.4. The number of carbonyl (C=O) groups excluding carboxylic acids is 1. The summed E-state index contributed by atoms with van der Waals surface area (Å²) in [5.74, 6) is 0.0275. The monoisotopic (exact) mass is 464 g/mol. The minimum Gasteiger partial charge on any atom is -0.464 e. The Morgan fingerprint density at radius 3 is 2.55 bits per heavy atom. The third-order valence-electron chi connectivity index (χ3n) is 6.48. The van der Waals surface area contributed by atoms with E-state index in [4.69, 9.17) is 16.0 Å². The Balaban J connectivity index is 1.24. The van der Waals surface area contributed by atoms with E-state index >= 15 is 0 Å². The van der Waals surface area contributed by atoms with Gasteiger partial charge in [-0.15, -0.1) is 11.6 Å². The van der Waals surface area contributed by atoms with Gasteiger partial charge in [0.25, 0.3) is 0 Å². The Kier molecular flexibility index (Phi) is 5.14. The molecule has 1 aromatic heterocycles. The molecule has 3 aliphatic heterocycles. The lowest BCUT2D eigenvalue weighted by Gasteiger charge is -2.29. The number of furan rings is 1. The summed E-state index contributed by atoms with van der Waals surface area (Å²) in [6.07, 6.45) is 1.55. The smallest absolute Gasteiger partial charge is 0.243 e. The van der Waals surface area contributed by atoms with Gasteiger partial charge in [0.05, 0.1) is 16.5 Å². The molecule has 0 radical (unpaired) electrons. The molecule has 0 aliphatic carbocycles. The molecule has 1 amide bonds. The highest BCUT2D eigenvalue weighted by molar-refractivity contribution is 7.89. The van der Waals surface area contributed by atoms with E-state index in [2.05, 4.69) is 5.43 Å². The Bertz CT molecular complexity index is 1150. The number of nitrogens with one attached hydrogen (secondary N) is 1. The number of amides is 1. The zero-order chi connectivity index (χ0) is 21.9. The second kappa shape index (κ2) is 7.60. The molecule has 3 unspecified atom stereocenters. The zero-order valence-corrected chi connectivity index (χ0v) is 19.0. The van der Waals surface area contributed by atoms with Gasteiger partial charge in [-0.25, -0.2) is 13.4 Å². The van der Waals surface area contributed by atoms with Crippen LogP contribution in [0.3, 0.4) is 0 Å². The van der Waals surface area contributed by atoms with Crippen LogP contribution in [0.15, 0.2) is 51.0 Å². The maximum atomic E-state index is 13.2. The second-order valence-electron chi connectivity index (χ2n) is 8.56. The van der Waals surface area contributed by atoms with Gasteiger partial charge in [0.2, 0.25) is 15.9 Å². The number of alkyl halides is 1. The van der Waals surface area contributed by atoms with Crippen LogP contribution >= 0.6 is 11.6 Å². The van der Waals surface area contributed by atoms with Gasteiger partial charge < -0.3 is 9.32 Å². The van der Waals surface area contributed by atoms with E-state index in [-0.39, 0.29) is 28.3 Å². The first kappa shape index (κ1) is 21.0. The van der Waals surface area contributed by atoms with Crippen molar-refractivity contribution in [2.45, 2.75) is 36.2 Å². The van der Waals surface area contributed by atoms with Gasteiger partial charge in [0.1, 0.15) is 11.6 Å². The fourth-order valence-corrected chi connectivity index (χ4v) is 6.20. The first-order valence-electron chi connectivity index (χ1n) is 10.4. The van der Waals surface area contributed by atoms with Gasteiger partial charge >= 0.3 is 0 Å². The Hall–Kier alpha value is -1.91. The maximum Gasteiger partial charge on any atom is 0.243 e. The predicted molar refractivity (Wildman–Crippen MR) is 117 cm³/mol. The molecule has 0 saturated carbocycles. The number of hydrogen-bond donors (Lipinski definition) is 1. The van der Waals surface area contributed by atoms with E-state index in [0.717, 1.165) is 16.5 Å². The molecule has 2 aromatic rings. The largest absolute Gasteiger partial charge is 0.464 e. The van der Waals surface area contributed by atoms with Crippen LogP contribution in [0, 0.1) is 0 Å². The average molecular weight is 465 g/mol. The van der Waals surface area contributed by atoms with Gasteiger partial charge in [-0.2, -0.15) is 4.31 Å². The Labute approximate surface area is 186 Å². The number of benzene rings is 1. The van der Waals surface area contributed by atoms with Crippen LogP contribution in [-0.4, -0.2) is 78.7 Å². The molecule has 3 atom stereocenters. The number of sulfonamides is 1. The third-order valence-corrected chi connectivity index (χ3v) is 8.78. The number of hydrazine groups is 1. The molecule has 8 nitrogen and oxygen atoms in total. The minimum absolute atomic E-state index is 0.0275. The third kappa shape index (κ3) is 3.58. The lowest BCUT2D eigenvalue weighted by Crippen LogP contribution is -2.50. The summed E-state index contributed by atoms with van der Waals surface area (Å²) in [4.78, 5) is 15.1. The topological polar surface area (TPSA) is 86.1 Å². The summed E-state index contributed by atoms with van der Waals surface area (Å²) in [6, 6.07) is 6.45. The van der Waals surface area contributed by atoms with Crippen molar-refractivity contribution in [3.63, 3.8) is 0 Å². The minimum atomic E-state index is -3.62. The Morgan fingerprint density at radius 2 is 1.90 bits per heavy atom. The molecular weight excluding hydrogens is 440 g/mol. The molecule has 1 aromatic carbocycles. The van der Waals surface area contributed by atoms with Crippen molar-refractivity contribution in [1.29, 1.82) is 0 Å². The average Bonchev–Trinajstić information content (AvgIpc) is 3.49. The van der Waals surface area contributed by atoms with Crippen molar-refractivity contribution in [2.75, 3.05) is 32.7 Å². The molecule has 0 spiro atoms. The summed E-state index contributed by atoms with van der Waals surface area (Å²) >= 11 is 6.27. The highest BCUT2D eigenvalue weighted by Gasteiger charge is 2.40. The van der Waals surface area contributed by atoms with Crippen LogP contribution in [0.1, 0.15) is 13.8 Å². The first-order valence-corrected chi connectivity index (χ1v) is 12.2. The van der Waals surface area contributed by atoms with Crippen molar-refractivity contribution in [3.8, 4) is 0 Å². The van der Waals surface area contributed by atoms with Crippen LogP contribution in [-0.2, 0) is 14.8 Å². The molecule has 166 valence electrons. The fourth-order valence-electron chi connectivity index (χ4n) is 4.53. The van der Waals surface area contributed by atoms with E-state index in [1.54, 1.807) is 30.5 Å². The lowest BCUT2D eigenvalue weighted by molar-refractivity contribution is -0.135. The van der Waals surface area contributed by atoms with E-state index in [1.807, 2.05) is 23.8 Å². The van der Waals surface area contributed by atoms with Gasteiger partial charge in [-0.1, -0.05) is 0 Å². The summed E-state index contributed by atoms with van der Waals surface area (Å²) in [5.41, 5.74) is 5.96. The highest BCUT2D eigenvalue weighted by Crippen LogP contribution is 2.31. The molecule has 4 heterocycles. The van der Waals surface area contributed by atoms with Crippen LogP contribution in [0.5, 0.6) is 0 Å². The van der Waals surface area contributed by atoms with Crippen molar-refractivity contribution in [1.82, 2.24) is 19.6 Å². The number of fused-ring (bicyclic) bond motifs is 1. The molecule has 5 rings (SSSR count).